The van der Waals surface area contributed by atoms with Crippen LogP contribution in [0.1, 0.15) is 26.0 Å². The van der Waals surface area contributed by atoms with Crippen LogP contribution in [0.15, 0.2) is 54.6 Å². The lowest BCUT2D eigenvalue weighted by atomic mass is 10.1. The van der Waals surface area contributed by atoms with Crippen LogP contribution in [0.4, 0.5) is 0 Å². The first kappa shape index (κ1) is 15.8. The molecule has 5 nitrogen and oxygen atoms in total. The lowest BCUT2D eigenvalue weighted by Gasteiger charge is -2.08. The Kier molecular flexibility index (Phi) is 5.36. The van der Waals surface area contributed by atoms with E-state index in [9.17, 15) is 4.79 Å². The molecular formula is C17H22N4O. The highest BCUT2D eigenvalue weighted by molar-refractivity contribution is 5.80. The molecule has 116 valence electrons. The quantitative estimate of drug-likeness (QED) is 0.804. The maximum absolute atomic E-state index is 12.2. The topological polar surface area (TPSA) is 72.4 Å². The number of nitrogens with one attached hydrogen (secondary N) is 1. The number of nitrogens with two attached hydrogens (primary N) is 1. The molecule has 3 N–H and O–H groups in total. The number of nitrogens with zero attached hydrogens (tertiary/aromatic N) is 2. The first-order valence-electron chi connectivity index (χ1n) is 7.45. The van der Waals surface area contributed by atoms with E-state index in [0.717, 1.165) is 17.8 Å². The van der Waals surface area contributed by atoms with E-state index < -0.39 is 0 Å². The van der Waals surface area contributed by atoms with Crippen molar-refractivity contribution in [3.63, 3.8) is 0 Å². The van der Waals surface area contributed by atoms with Gasteiger partial charge in [0, 0.05) is 24.3 Å². The van der Waals surface area contributed by atoms with E-state index in [1.165, 1.54) is 6.20 Å². The highest BCUT2D eigenvalue weighted by atomic mass is 16.1. The highest BCUT2D eigenvalue weighted by Gasteiger charge is 2.08. The predicted octanol–water partition coefficient (Wildman–Crippen LogP) is 2.40. The summed E-state index contributed by atoms with van der Waals surface area (Å²) in [4.78, 5) is 16.4. The number of hydrogen-bond acceptors (Lipinski definition) is 3. The largest absolute Gasteiger partial charge is 0.403 e. The number of pyridine rings is 1. The summed E-state index contributed by atoms with van der Waals surface area (Å²) >= 11 is 0. The summed E-state index contributed by atoms with van der Waals surface area (Å²) < 4.78 is 1.90. The van der Waals surface area contributed by atoms with Crippen molar-refractivity contribution in [3.05, 3.63) is 60.3 Å². The van der Waals surface area contributed by atoms with Crippen molar-refractivity contribution in [2.75, 3.05) is 0 Å². The molecule has 1 unspecified atom stereocenters. The smallest absolute Gasteiger partial charge is 0.230 e. The van der Waals surface area contributed by atoms with Crippen molar-refractivity contribution in [1.29, 1.82) is 0 Å². The van der Waals surface area contributed by atoms with Crippen LogP contribution in [0, 0.1) is 5.92 Å². The highest BCUT2D eigenvalue weighted by Crippen LogP contribution is 2.07. The fraction of sp³-hybridized carbons (Fsp3) is 0.294. The summed E-state index contributed by atoms with van der Waals surface area (Å²) in [6.45, 7) is 4.23. The third kappa shape index (κ3) is 3.97. The lowest BCUT2D eigenvalue weighted by Crippen LogP contribution is -2.25. The van der Waals surface area contributed by atoms with Gasteiger partial charge in [0.2, 0.25) is 5.91 Å². The third-order valence-electron chi connectivity index (χ3n) is 3.57. The maximum atomic E-state index is 12.2. The number of aromatic nitrogens is 2. The number of fused-ring (bicyclic) bond motifs is 1. The number of carbonyl (C=O) groups excluding carboxylic acids is 1. The first-order chi connectivity index (χ1) is 10.6. The van der Waals surface area contributed by atoms with Gasteiger partial charge >= 0.3 is 0 Å². The van der Waals surface area contributed by atoms with Crippen LogP contribution in [-0.2, 0) is 11.2 Å². The van der Waals surface area contributed by atoms with Gasteiger partial charge in [-0.15, -0.1) is 0 Å². The Bertz CT molecular complexity index is 700. The van der Waals surface area contributed by atoms with Gasteiger partial charge in [-0.3, -0.25) is 4.79 Å². The van der Waals surface area contributed by atoms with E-state index in [-0.39, 0.29) is 12.3 Å². The van der Waals surface area contributed by atoms with Gasteiger partial charge in [0.25, 0.3) is 0 Å². The molecule has 0 aromatic carbocycles. The molecule has 0 saturated heterocycles. The van der Waals surface area contributed by atoms with E-state index in [1.54, 1.807) is 6.20 Å². The van der Waals surface area contributed by atoms with Crippen LogP contribution in [0.25, 0.3) is 5.65 Å². The summed E-state index contributed by atoms with van der Waals surface area (Å²) in [5.41, 5.74) is 7.90. The zero-order valence-corrected chi connectivity index (χ0v) is 13.0. The Morgan fingerprint density at radius 3 is 3.05 bits per heavy atom. The minimum Gasteiger partial charge on any atom is -0.403 e. The van der Waals surface area contributed by atoms with Gasteiger partial charge in [0.1, 0.15) is 5.65 Å². The number of carbonyl (C=O) groups is 1. The average Bonchev–Trinajstić information content (AvgIpc) is 3.00. The number of allylic oxidation sites excluding steroid dienone is 2. The van der Waals surface area contributed by atoms with Gasteiger partial charge in [-0.2, -0.15) is 0 Å². The van der Waals surface area contributed by atoms with Gasteiger partial charge in [0.05, 0.1) is 12.1 Å². The standard InChI is InChI=1S/C17H22N4O/c1-3-13(2)7-8-14(12-18)20-17(22)11-15-5-4-6-16-19-9-10-21(15)16/h4-10,12-13H,3,11,18H2,1-2H3,(H,20,22)/b8-7-,14-12+. The van der Waals surface area contributed by atoms with Crippen LogP contribution < -0.4 is 11.1 Å². The predicted molar refractivity (Wildman–Crippen MR) is 87.9 cm³/mol. The number of hydrogen-bond donors (Lipinski definition) is 2. The van der Waals surface area contributed by atoms with Crippen LogP contribution in [-0.4, -0.2) is 15.3 Å². The second-order valence-electron chi connectivity index (χ2n) is 5.26. The van der Waals surface area contributed by atoms with Crippen molar-refractivity contribution in [3.8, 4) is 0 Å². The summed E-state index contributed by atoms with van der Waals surface area (Å²) in [6, 6.07) is 5.71. The summed E-state index contributed by atoms with van der Waals surface area (Å²) in [6.07, 6.45) is 10.2. The van der Waals surface area contributed by atoms with Crippen molar-refractivity contribution in [1.82, 2.24) is 14.7 Å². The Hall–Kier alpha value is -2.56. The molecule has 0 aliphatic rings. The molecule has 0 spiro atoms. The molecule has 2 rings (SSSR count). The van der Waals surface area contributed by atoms with Crippen molar-refractivity contribution in [2.24, 2.45) is 11.7 Å². The van der Waals surface area contributed by atoms with Gasteiger partial charge in [-0.1, -0.05) is 32.4 Å². The molecule has 2 heterocycles. The molecule has 5 heteroatoms. The molecule has 22 heavy (non-hydrogen) atoms. The van der Waals surface area contributed by atoms with Crippen LogP contribution in [0.5, 0.6) is 0 Å². The molecule has 0 aliphatic carbocycles. The van der Waals surface area contributed by atoms with Crippen molar-refractivity contribution < 1.29 is 4.79 Å². The normalized spacial score (nSPS) is 13.6. The van der Waals surface area contributed by atoms with Gasteiger partial charge in [-0.05, 0) is 24.1 Å². The van der Waals surface area contributed by atoms with Crippen LogP contribution >= 0.6 is 0 Å². The number of rotatable bonds is 6. The second kappa shape index (κ2) is 7.45. The zero-order chi connectivity index (χ0) is 15.9. The molecule has 0 aliphatic heterocycles. The maximum Gasteiger partial charge on any atom is 0.230 e. The molecule has 0 fully saturated rings. The Morgan fingerprint density at radius 2 is 2.32 bits per heavy atom. The zero-order valence-electron chi connectivity index (χ0n) is 13.0. The summed E-state index contributed by atoms with van der Waals surface area (Å²) in [5, 5.41) is 2.83. The molecule has 2 aromatic heterocycles. The Balaban J connectivity index is 2.03. The van der Waals surface area contributed by atoms with Crippen molar-refractivity contribution in [2.45, 2.75) is 26.7 Å². The van der Waals surface area contributed by atoms with E-state index >= 15 is 0 Å². The molecule has 0 bridgehead atoms. The minimum absolute atomic E-state index is 0.105. The van der Waals surface area contributed by atoms with Gasteiger partial charge in [-0.25, -0.2) is 4.98 Å². The number of imidazole rings is 1. The molecule has 1 amide bonds. The molecule has 2 aromatic rings. The van der Waals surface area contributed by atoms with E-state index in [4.69, 9.17) is 5.73 Å². The summed E-state index contributed by atoms with van der Waals surface area (Å²) in [5.74, 6) is 0.346. The fourth-order valence-electron chi connectivity index (χ4n) is 2.06. The Labute approximate surface area is 130 Å². The van der Waals surface area contributed by atoms with Gasteiger partial charge < -0.3 is 15.5 Å². The van der Waals surface area contributed by atoms with E-state index in [1.807, 2.05) is 40.9 Å². The average molecular weight is 298 g/mol. The van der Waals surface area contributed by atoms with Crippen LogP contribution in [0.3, 0.4) is 0 Å². The third-order valence-corrected chi connectivity index (χ3v) is 3.57. The second-order valence-corrected chi connectivity index (χ2v) is 5.26. The SMILES string of the molecule is CCC(C)/C=C\C(=C/N)NC(=O)Cc1cccc2nccn12. The lowest BCUT2D eigenvalue weighted by molar-refractivity contribution is -0.119. The summed E-state index contributed by atoms with van der Waals surface area (Å²) in [7, 11) is 0. The fourth-order valence-corrected chi connectivity index (χ4v) is 2.06. The Morgan fingerprint density at radius 1 is 1.50 bits per heavy atom. The molecular weight excluding hydrogens is 276 g/mol. The van der Waals surface area contributed by atoms with Crippen LogP contribution in [0.2, 0.25) is 0 Å². The molecule has 1 atom stereocenters. The minimum atomic E-state index is -0.105. The van der Waals surface area contributed by atoms with E-state index in [2.05, 4.69) is 24.1 Å². The molecule has 0 radical (unpaired) electrons. The van der Waals surface area contributed by atoms with Crippen molar-refractivity contribution >= 4 is 11.6 Å². The monoisotopic (exact) mass is 298 g/mol. The molecule has 0 saturated carbocycles. The van der Waals surface area contributed by atoms with Gasteiger partial charge in [0.15, 0.2) is 0 Å². The van der Waals surface area contributed by atoms with E-state index in [0.29, 0.717) is 11.6 Å². The number of amides is 1. The first-order valence-corrected chi connectivity index (χ1v) is 7.45.